The Morgan fingerprint density at radius 3 is 2.38 bits per heavy atom. The highest BCUT2D eigenvalue weighted by Gasteiger charge is 2.04. The minimum Gasteiger partial charge on any atom is -0.357 e. The quantitative estimate of drug-likeness (QED) is 0.447. The second kappa shape index (κ2) is 5.25. The third-order valence-corrected chi connectivity index (χ3v) is 2.18. The molecule has 0 aliphatic heterocycles. The van der Waals surface area contributed by atoms with Crippen LogP contribution in [0.3, 0.4) is 0 Å². The van der Waals surface area contributed by atoms with Gasteiger partial charge in [0.2, 0.25) is 0 Å². The van der Waals surface area contributed by atoms with Gasteiger partial charge in [0.25, 0.3) is 5.69 Å². The van der Waals surface area contributed by atoms with Crippen LogP contribution in [0.1, 0.15) is 20.8 Å². The fourth-order valence-corrected chi connectivity index (χ4v) is 0.859. The van der Waals surface area contributed by atoms with Crippen molar-refractivity contribution in [3.8, 4) is 5.75 Å². The number of hydrogen-bond acceptors (Lipinski definition) is 4. The van der Waals surface area contributed by atoms with Gasteiger partial charge in [-0.05, 0) is 25.0 Å². The van der Waals surface area contributed by atoms with E-state index in [0.717, 1.165) is 5.71 Å². The van der Waals surface area contributed by atoms with Gasteiger partial charge in [-0.1, -0.05) is 19.0 Å². The van der Waals surface area contributed by atoms with Crippen molar-refractivity contribution in [1.29, 1.82) is 0 Å². The van der Waals surface area contributed by atoms with Gasteiger partial charge < -0.3 is 4.84 Å². The molecule has 0 bridgehead atoms. The predicted molar refractivity (Wildman–Crippen MR) is 61.7 cm³/mol. The molecule has 1 rings (SSSR count). The van der Waals surface area contributed by atoms with E-state index in [-0.39, 0.29) is 5.69 Å². The lowest BCUT2D eigenvalue weighted by Crippen LogP contribution is -2.03. The van der Waals surface area contributed by atoms with E-state index < -0.39 is 4.92 Å². The van der Waals surface area contributed by atoms with Crippen LogP contribution in [-0.2, 0) is 0 Å². The summed E-state index contributed by atoms with van der Waals surface area (Å²) in [6, 6.07) is 5.82. The lowest BCUT2D eigenvalue weighted by molar-refractivity contribution is -0.384. The molecule has 0 atom stereocenters. The molecular weight excluding hydrogens is 208 g/mol. The van der Waals surface area contributed by atoms with Crippen molar-refractivity contribution in [2.24, 2.45) is 11.1 Å². The molecule has 5 nitrogen and oxygen atoms in total. The van der Waals surface area contributed by atoms with Crippen LogP contribution in [0, 0.1) is 16.0 Å². The first-order valence-electron chi connectivity index (χ1n) is 4.96. The van der Waals surface area contributed by atoms with Crippen molar-refractivity contribution >= 4 is 11.4 Å². The minimum atomic E-state index is -0.452. The van der Waals surface area contributed by atoms with E-state index in [1.54, 1.807) is 0 Å². The van der Waals surface area contributed by atoms with Crippen molar-refractivity contribution < 1.29 is 9.76 Å². The summed E-state index contributed by atoms with van der Waals surface area (Å²) >= 11 is 0. The molecule has 0 N–H and O–H groups in total. The Morgan fingerprint density at radius 2 is 1.94 bits per heavy atom. The first kappa shape index (κ1) is 12.2. The van der Waals surface area contributed by atoms with Gasteiger partial charge >= 0.3 is 0 Å². The first-order chi connectivity index (χ1) is 7.50. The van der Waals surface area contributed by atoms with Gasteiger partial charge in [-0.2, -0.15) is 0 Å². The Hall–Kier alpha value is -1.91. The Kier molecular flexibility index (Phi) is 3.99. The van der Waals surface area contributed by atoms with E-state index in [4.69, 9.17) is 4.84 Å². The zero-order valence-corrected chi connectivity index (χ0v) is 9.51. The van der Waals surface area contributed by atoms with Crippen LogP contribution in [0.2, 0.25) is 0 Å². The Morgan fingerprint density at radius 1 is 1.38 bits per heavy atom. The molecule has 0 saturated heterocycles. The zero-order chi connectivity index (χ0) is 12.1. The lowest BCUT2D eigenvalue weighted by atomic mass is 10.1. The maximum Gasteiger partial charge on any atom is 0.269 e. The van der Waals surface area contributed by atoms with E-state index in [9.17, 15) is 10.1 Å². The summed E-state index contributed by atoms with van der Waals surface area (Å²) in [5.74, 6) is 0.809. The molecule has 0 radical (unpaired) electrons. The number of nitrogens with zero attached hydrogens (tertiary/aromatic N) is 2. The fraction of sp³-hybridized carbons (Fsp3) is 0.364. The number of oxime groups is 1. The summed E-state index contributed by atoms with van der Waals surface area (Å²) < 4.78 is 0. The molecule has 1 aromatic rings. The molecule has 86 valence electrons. The van der Waals surface area contributed by atoms with Gasteiger partial charge in [0.1, 0.15) is 0 Å². The third-order valence-electron chi connectivity index (χ3n) is 2.18. The second-order valence-electron chi connectivity index (χ2n) is 3.73. The molecule has 16 heavy (non-hydrogen) atoms. The highest BCUT2D eigenvalue weighted by molar-refractivity contribution is 5.83. The Balaban J connectivity index is 2.69. The topological polar surface area (TPSA) is 64.7 Å². The molecule has 0 aromatic heterocycles. The van der Waals surface area contributed by atoms with Crippen LogP contribution in [0.25, 0.3) is 0 Å². The van der Waals surface area contributed by atoms with Gasteiger partial charge in [0.05, 0.1) is 10.6 Å². The highest BCUT2D eigenvalue weighted by atomic mass is 16.6. The molecule has 0 amide bonds. The first-order valence-corrected chi connectivity index (χ1v) is 4.96. The average Bonchev–Trinajstić information content (AvgIpc) is 2.26. The van der Waals surface area contributed by atoms with Gasteiger partial charge in [-0.15, -0.1) is 0 Å². The van der Waals surface area contributed by atoms with E-state index in [2.05, 4.69) is 5.16 Å². The minimum absolute atomic E-state index is 0.0388. The molecule has 0 aliphatic rings. The number of rotatable bonds is 4. The molecule has 0 spiro atoms. The summed E-state index contributed by atoms with van der Waals surface area (Å²) in [4.78, 5) is 15.1. The average molecular weight is 222 g/mol. The fourth-order valence-electron chi connectivity index (χ4n) is 0.859. The largest absolute Gasteiger partial charge is 0.357 e. The SMILES string of the molecule is C/C(=N\Oc1ccc([N+](=O)[O-])cc1)C(C)C. The highest BCUT2D eigenvalue weighted by Crippen LogP contribution is 2.17. The van der Waals surface area contributed by atoms with Crippen LogP contribution in [-0.4, -0.2) is 10.6 Å². The molecule has 0 saturated carbocycles. The van der Waals surface area contributed by atoms with Gasteiger partial charge in [0.15, 0.2) is 5.75 Å². The number of non-ortho nitro benzene ring substituents is 1. The van der Waals surface area contributed by atoms with Crippen molar-refractivity contribution in [3.05, 3.63) is 34.4 Å². The van der Waals surface area contributed by atoms with Crippen molar-refractivity contribution in [3.63, 3.8) is 0 Å². The molecule has 1 aromatic carbocycles. The van der Waals surface area contributed by atoms with Crippen molar-refractivity contribution in [1.82, 2.24) is 0 Å². The van der Waals surface area contributed by atoms with Gasteiger partial charge in [0, 0.05) is 12.1 Å². The molecular formula is C11H14N2O3. The molecule has 5 heteroatoms. The zero-order valence-electron chi connectivity index (χ0n) is 9.51. The Labute approximate surface area is 93.9 Å². The van der Waals surface area contributed by atoms with E-state index in [1.165, 1.54) is 24.3 Å². The number of hydrogen-bond donors (Lipinski definition) is 0. The number of benzene rings is 1. The second-order valence-corrected chi connectivity index (χ2v) is 3.73. The smallest absolute Gasteiger partial charge is 0.269 e. The monoisotopic (exact) mass is 222 g/mol. The molecule has 0 heterocycles. The normalized spacial score (nSPS) is 11.6. The van der Waals surface area contributed by atoms with Crippen LogP contribution in [0.5, 0.6) is 5.75 Å². The van der Waals surface area contributed by atoms with E-state index in [1.807, 2.05) is 20.8 Å². The maximum atomic E-state index is 10.4. The van der Waals surface area contributed by atoms with E-state index in [0.29, 0.717) is 11.7 Å². The lowest BCUT2D eigenvalue weighted by Gasteiger charge is -2.03. The number of nitro benzene ring substituents is 1. The summed E-state index contributed by atoms with van der Waals surface area (Å²) in [5.41, 5.74) is 0.912. The van der Waals surface area contributed by atoms with Gasteiger partial charge in [-0.3, -0.25) is 10.1 Å². The summed E-state index contributed by atoms with van der Waals surface area (Å²) in [7, 11) is 0. The third kappa shape index (κ3) is 3.34. The van der Waals surface area contributed by atoms with E-state index >= 15 is 0 Å². The standard InChI is InChI=1S/C11H14N2O3/c1-8(2)9(3)12-16-11-6-4-10(5-7-11)13(14)15/h4-8H,1-3H3/b12-9+. The summed E-state index contributed by atoms with van der Waals surface area (Å²) in [5, 5.41) is 14.3. The van der Waals surface area contributed by atoms with Crippen LogP contribution < -0.4 is 4.84 Å². The summed E-state index contributed by atoms with van der Waals surface area (Å²) in [6.45, 7) is 5.89. The van der Waals surface area contributed by atoms with Crippen LogP contribution >= 0.6 is 0 Å². The van der Waals surface area contributed by atoms with Crippen LogP contribution in [0.4, 0.5) is 5.69 Å². The molecule has 0 unspecified atom stereocenters. The maximum absolute atomic E-state index is 10.4. The predicted octanol–water partition coefficient (Wildman–Crippen LogP) is 3.01. The van der Waals surface area contributed by atoms with Crippen molar-refractivity contribution in [2.75, 3.05) is 0 Å². The molecule has 0 fully saturated rings. The Bertz CT molecular complexity index is 396. The van der Waals surface area contributed by atoms with Crippen LogP contribution in [0.15, 0.2) is 29.4 Å². The molecule has 0 aliphatic carbocycles. The van der Waals surface area contributed by atoms with Gasteiger partial charge in [-0.25, -0.2) is 0 Å². The van der Waals surface area contributed by atoms with Crippen molar-refractivity contribution in [2.45, 2.75) is 20.8 Å². The number of nitro groups is 1. The summed E-state index contributed by atoms with van der Waals surface area (Å²) in [6.07, 6.45) is 0.